The molecule has 0 aromatic heterocycles. The average Bonchev–Trinajstić information content (AvgIpc) is 2.51. The number of carbonyl (C=O) groups excluding carboxylic acids is 3. The van der Waals surface area contributed by atoms with E-state index in [1.54, 1.807) is 0 Å². The monoisotopic (exact) mass is 394 g/mol. The number of hydrogen-bond acceptors (Lipinski definition) is 6. The minimum atomic E-state index is -5.43. The normalized spacial score (nSPS) is 17.3. The van der Waals surface area contributed by atoms with E-state index < -0.39 is 55.5 Å². The van der Waals surface area contributed by atoms with Gasteiger partial charge in [0, 0.05) is 0 Å². The lowest BCUT2D eigenvalue weighted by atomic mass is 9.98. The second kappa shape index (κ2) is 9.08. The van der Waals surface area contributed by atoms with Crippen LogP contribution >= 0.6 is 0 Å². The highest BCUT2D eigenvalue weighted by atomic mass is 19.4. The Bertz CT molecular complexity index is 509. The quantitative estimate of drug-likeness (QED) is 0.392. The Morgan fingerprint density at radius 3 is 1.92 bits per heavy atom. The first kappa shape index (κ1) is 22.0. The maximum atomic E-state index is 12.2. The summed E-state index contributed by atoms with van der Waals surface area (Å²) in [6, 6.07) is 0. The number of halogens is 6. The van der Waals surface area contributed by atoms with Gasteiger partial charge in [0.1, 0.15) is 18.8 Å². The van der Waals surface area contributed by atoms with E-state index in [-0.39, 0.29) is 0 Å². The molecule has 26 heavy (non-hydrogen) atoms. The predicted molar refractivity (Wildman–Crippen MR) is 70.5 cm³/mol. The molecular weight excluding hydrogens is 378 g/mol. The summed E-state index contributed by atoms with van der Waals surface area (Å²) in [7, 11) is 0. The molecule has 0 amide bonds. The topological polar surface area (TPSA) is 78.9 Å². The van der Waals surface area contributed by atoms with E-state index in [2.05, 4.69) is 9.47 Å². The van der Waals surface area contributed by atoms with Gasteiger partial charge >= 0.3 is 30.3 Å². The Balaban J connectivity index is 2.64. The van der Waals surface area contributed by atoms with Crippen molar-refractivity contribution in [3.8, 4) is 0 Å². The van der Waals surface area contributed by atoms with Gasteiger partial charge in [-0.05, 0) is 25.7 Å². The summed E-state index contributed by atoms with van der Waals surface area (Å²) in [6.07, 6.45) is -10.7. The minimum absolute atomic E-state index is 0.465. The predicted octanol–water partition coefficient (Wildman–Crippen LogP) is 2.83. The van der Waals surface area contributed by atoms with E-state index in [9.17, 15) is 40.7 Å². The average molecular weight is 394 g/mol. The highest BCUT2D eigenvalue weighted by Crippen LogP contribution is 2.23. The van der Waals surface area contributed by atoms with E-state index in [0.29, 0.717) is 12.8 Å². The first-order valence-electron chi connectivity index (χ1n) is 7.61. The van der Waals surface area contributed by atoms with Gasteiger partial charge in [0.2, 0.25) is 0 Å². The molecule has 6 nitrogen and oxygen atoms in total. The van der Waals surface area contributed by atoms with E-state index in [1.165, 1.54) is 0 Å². The van der Waals surface area contributed by atoms with Crippen LogP contribution in [0.15, 0.2) is 0 Å². The van der Waals surface area contributed by atoms with E-state index in [0.717, 1.165) is 19.3 Å². The molecule has 0 aromatic rings. The van der Waals surface area contributed by atoms with E-state index in [4.69, 9.17) is 4.74 Å². The zero-order valence-corrected chi connectivity index (χ0v) is 13.3. The molecule has 1 fully saturated rings. The van der Waals surface area contributed by atoms with Crippen molar-refractivity contribution in [2.75, 3.05) is 6.61 Å². The van der Waals surface area contributed by atoms with Crippen molar-refractivity contribution in [1.29, 1.82) is 0 Å². The lowest BCUT2D eigenvalue weighted by molar-refractivity contribution is -0.214. The molecule has 0 heterocycles. The Morgan fingerprint density at radius 1 is 0.885 bits per heavy atom. The molecule has 1 saturated carbocycles. The fraction of sp³-hybridized carbons (Fsp3) is 0.786. The third-order valence-electron chi connectivity index (χ3n) is 3.38. The number of carbonyl (C=O) groups is 3. The van der Waals surface area contributed by atoms with Crippen molar-refractivity contribution in [2.24, 2.45) is 0 Å². The summed E-state index contributed by atoms with van der Waals surface area (Å²) < 4.78 is 85.6. The molecule has 150 valence electrons. The van der Waals surface area contributed by atoms with Crippen LogP contribution in [0.1, 0.15) is 38.5 Å². The van der Waals surface area contributed by atoms with Crippen molar-refractivity contribution < 1.29 is 54.9 Å². The van der Waals surface area contributed by atoms with Crippen LogP contribution < -0.4 is 0 Å². The molecule has 0 aromatic carbocycles. The fourth-order valence-corrected chi connectivity index (χ4v) is 2.21. The zero-order valence-electron chi connectivity index (χ0n) is 13.3. The molecule has 0 aliphatic heterocycles. The molecule has 0 spiro atoms. The van der Waals surface area contributed by atoms with Gasteiger partial charge < -0.3 is 14.2 Å². The number of hydrogen-bond donors (Lipinski definition) is 0. The molecule has 0 radical (unpaired) electrons. The van der Waals surface area contributed by atoms with Gasteiger partial charge in [0.15, 0.2) is 0 Å². The van der Waals surface area contributed by atoms with E-state index in [1.807, 2.05) is 0 Å². The van der Waals surface area contributed by atoms with Crippen molar-refractivity contribution >= 4 is 17.9 Å². The van der Waals surface area contributed by atoms with Gasteiger partial charge in [-0.1, -0.05) is 6.42 Å². The van der Waals surface area contributed by atoms with Gasteiger partial charge in [0.05, 0.1) is 6.42 Å². The van der Waals surface area contributed by atoms with Gasteiger partial charge in [-0.3, -0.25) is 4.79 Å². The smallest absolute Gasteiger partial charge is 0.462 e. The fourth-order valence-electron chi connectivity index (χ4n) is 2.21. The summed E-state index contributed by atoms with van der Waals surface area (Å²) in [4.78, 5) is 33.2. The first-order valence-corrected chi connectivity index (χ1v) is 7.61. The number of rotatable bonds is 6. The van der Waals surface area contributed by atoms with Gasteiger partial charge in [-0.15, -0.1) is 0 Å². The second-order valence-corrected chi connectivity index (χ2v) is 5.58. The number of alkyl halides is 6. The molecule has 0 N–H and O–H groups in total. The number of ether oxygens (including phenoxy) is 3. The highest BCUT2D eigenvalue weighted by molar-refractivity contribution is 5.77. The molecule has 1 atom stereocenters. The van der Waals surface area contributed by atoms with Gasteiger partial charge in [-0.2, -0.15) is 26.3 Å². The summed E-state index contributed by atoms with van der Waals surface area (Å²) in [6.45, 7) is -1.38. The third-order valence-corrected chi connectivity index (χ3v) is 3.38. The van der Waals surface area contributed by atoms with Crippen molar-refractivity contribution in [3.05, 3.63) is 0 Å². The number of esters is 3. The second-order valence-electron chi connectivity index (χ2n) is 5.58. The SMILES string of the molecule is O=C(CC(COC(=O)C(F)(F)F)OC(=O)C(F)(F)F)OC1CCCCC1. The molecule has 1 aliphatic carbocycles. The molecular formula is C14H16F6O6. The Kier molecular flexibility index (Phi) is 7.69. The third kappa shape index (κ3) is 7.91. The van der Waals surface area contributed by atoms with Crippen molar-refractivity contribution in [2.45, 2.75) is 63.1 Å². The van der Waals surface area contributed by atoms with Crippen LogP contribution in [0.5, 0.6) is 0 Å². The lowest BCUT2D eigenvalue weighted by Crippen LogP contribution is -2.36. The Labute approximate surface area is 143 Å². The van der Waals surface area contributed by atoms with Gasteiger partial charge in [0.25, 0.3) is 0 Å². The van der Waals surface area contributed by atoms with Gasteiger partial charge in [-0.25, -0.2) is 9.59 Å². The summed E-state index contributed by atoms with van der Waals surface area (Å²) in [5.74, 6) is -6.48. The maximum Gasteiger partial charge on any atom is 0.490 e. The molecule has 1 rings (SSSR count). The minimum Gasteiger partial charge on any atom is -0.462 e. The molecule has 0 bridgehead atoms. The van der Waals surface area contributed by atoms with Crippen LogP contribution in [-0.2, 0) is 28.6 Å². The molecule has 1 aliphatic rings. The highest BCUT2D eigenvalue weighted by Gasteiger charge is 2.44. The molecule has 0 saturated heterocycles. The Hall–Kier alpha value is -2.01. The van der Waals surface area contributed by atoms with Crippen LogP contribution in [0.3, 0.4) is 0 Å². The largest absolute Gasteiger partial charge is 0.490 e. The maximum absolute atomic E-state index is 12.2. The Morgan fingerprint density at radius 2 is 1.42 bits per heavy atom. The molecule has 1 unspecified atom stereocenters. The van der Waals surface area contributed by atoms with Crippen LogP contribution in [0, 0.1) is 0 Å². The summed E-state index contributed by atoms with van der Waals surface area (Å²) >= 11 is 0. The summed E-state index contributed by atoms with van der Waals surface area (Å²) in [5, 5.41) is 0. The summed E-state index contributed by atoms with van der Waals surface area (Å²) in [5.41, 5.74) is 0. The standard InChI is InChI=1S/C14H16F6O6/c15-13(16,17)11(22)24-7-9(26-12(23)14(18,19)20)6-10(21)25-8-4-2-1-3-5-8/h8-9H,1-7H2. The van der Waals surface area contributed by atoms with Crippen LogP contribution in [-0.4, -0.2) is 49.1 Å². The van der Waals surface area contributed by atoms with Crippen molar-refractivity contribution in [3.63, 3.8) is 0 Å². The lowest BCUT2D eigenvalue weighted by Gasteiger charge is -2.23. The first-order chi connectivity index (χ1) is 11.9. The van der Waals surface area contributed by atoms with Crippen LogP contribution in [0.4, 0.5) is 26.3 Å². The zero-order chi connectivity index (χ0) is 20.0. The van der Waals surface area contributed by atoms with E-state index >= 15 is 0 Å². The molecule has 12 heteroatoms. The van der Waals surface area contributed by atoms with Crippen LogP contribution in [0.25, 0.3) is 0 Å². The van der Waals surface area contributed by atoms with Crippen molar-refractivity contribution in [1.82, 2.24) is 0 Å². The van der Waals surface area contributed by atoms with Crippen LogP contribution in [0.2, 0.25) is 0 Å².